The quantitative estimate of drug-likeness (QED) is 0.521. The largest absolute Gasteiger partial charge is 0.396 e. The van der Waals surface area contributed by atoms with Crippen LogP contribution in [0.1, 0.15) is 20.3 Å². The molecule has 2 nitrogen and oxygen atoms in total. The molecule has 0 aliphatic carbocycles. The van der Waals surface area contributed by atoms with Crippen LogP contribution in [-0.2, 0) is 0 Å². The predicted octanol–water partition coefficient (Wildman–Crippen LogP) is 0.367. The maximum absolute atomic E-state index is 8.34. The van der Waals surface area contributed by atoms with Crippen LogP contribution in [0.15, 0.2) is 0 Å². The molecule has 0 unspecified atom stereocenters. The van der Waals surface area contributed by atoms with E-state index in [1.54, 1.807) is 0 Å². The van der Waals surface area contributed by atoms with Gasteiger partial charge < -0.3 is 10.4 Å². The van der Waals surface area contributed by atoms with Gasteiger partial charge in [-0.1, -0.05) is 13.8 Å². The second-order valence-electron chi connectivity index (χ2n) is 2.19. The highest BCUT2D eigenvalue weighted by Gasteiger charge is 1.88. The summed E-state index contributed by atoms with van der Waals surface area (Å²) in [5.41, 5.74) is 0. The molecule has 0 aromatic carbocycles. The van der Waals surface area contributed by atoms with Crippen molar-refractivity contribution in [3.63, 3.8) is 0 Å². The van der Waals surface area contributed by atoms with Gasteiger partial charge in [0, 0.05) is 12.6 Å². The Kier molecular flexibility index (Phi) is 5.01. The van der Waals surface area contributed by atoms with E-state index in [1.807, 2.05) is 0 Å². The van der Waals surface area contributed by atoms with Gasteiger partial charge in [0.2, 0.25) is 0 Å². The summed E-state index contributed by atoms with van der Waals surface area (Å²) in [4.78, 5) is 0. The molecule has 2 heteroatoms. The highest BCUT2D eigenvalue weighted by Crippen LogP contribution is 1.77. The first kappa shape index (κ1) is 7.92. The summed E-state index contributed by atoms with van der Waals surface area (Å²) in [7, 11) is 0. The third-order valence-electron chi connectivity index (χ3n) is 0.887. The molecule has 0 aromatic rings. The standard InChI is InChI=1S/C6H15NO/c1-6(2)7-4-3-5-8/h6-8H,3-5H2,1-2H3. The topological polar surface area (TPSA) is 32.3 Å². The average Bonchev–Trinajstić information content (AvgIpc) is 1.66. The zero-order chi connectivity index (χ0) is 6.41. The van der Waals surface area contributed by atoms with E-state index >= 15 is 0 Å². The van der Waals surface area contributed by atoms with E-state index in [4.69, 9.17) is 5.11 Å². The van der Waals surface area contributed by atoms with Gasteiger partial charge in [0.05, 0.1) is 0 Å². The molecule has 0 atom stereocenters. The fraction of sp³-hybridized carbons (Fsp3) is 1.00. The van der Waals surface area contributed by atoms with E-state index in [1.165, 1.54) is 0 Å². The van der Waals surface area contributed by atoms with E-state index < -0.39 is 0 Å². The Hall–Kier alpha value is -0.0800. The molecule has 0 aliphatic heterocycles. The Labute approximate surface area is 50.9 Å². The maximum atomic E-state index is 8.34. The molecule has 0 rings (SSSR count). The van der Waals surface area contributed by atoms with Crippen molar-refractivity contribution in [2.75, 3.05) is 13.2 Å². The van der Waals surface area contributed by atoms with Gasteiger partial charge in [0.25, 0.3) is 0 Å². The molecule has 0 aromatic heterocycles. The molecule has 0 spiro atoms. The van der Waals surface area contributed by atoms with Gasteiger partial charge in [-0.3, -0.25) is 0 Å². The van der Waals surface area contributed by atoms with Crippen LogP contribution in [0.25, 0.3) is 0 Å². The van der Waals surface area contributed by atoms with E-state index in [9.17, 15) is 0 Å². The van der Waals surface area contributed by atoms with Gasteiger partial charge in [-0.25, -0.2) is 0 Å². The van der Waals surface area contributed by atoms with Crippen molar-refractivity contribution in [3.8, 4) is 0 Å². The van der Waals surface area contributed by atoms with Crippen molar-refractivity contribution in [1.82, 2.24) is 5.32 Å². The Balaban J connectivity index is 2.72. The Morgan fingerprint density at radius 1 is 1.50 bits per heavy atom. The van der Waals surface area contributed by atoms with E-state index in [-0.39, 0.29) is 0 Å². The van der Waals surface area contributed by atoms with Gasteiger partial charge in [-0.2, -0.15) is 0 Å². The molecular weight excluding hydrogens is 102 g/mol. The highest BCUT2D eigenvalue weighted by molar-refractivity contribution is 4.50. The van der Waals surface area contributed by atoms with Crippen LogP contribution in [0.3, 0.4) is 0 Å². The Bertz CT molecular complexity index is 45.8. The van der Waals surface area contributed by atoms with E-state index in [0.29, 0.717) is 12.6 Å². The second-order valence-corrected chi connectivity index (χ2v) is 2.19. The number of nitrogens with one attached hydrogen (secondary N) is 1. The molecule has 0 bridgehead atoms. The van der Waals surface area contributed by atoms with Crippen molar-refractivity contribution in [1.29, 1.82) is 0 Å². The summed E-state index contributed by atoms with van der Waals surface area (Å²) < 4.78 is 0. The van der Waals surface area contributed by atoms with Gasteiger partial charge in [-0.05, 0) is 13.0 Å². The van der Waals surface area contributed by atoms with Crippen molar-refractivity contribution < 1.29 is 5.11 Å². The molecular formula is C6H15NO. The molecule has 8 heavy (non-hydrogen) atoms. The monoisotopic (exact) mass is 117 g/mol. The molecule has 0 saturated heterocycles. The van der Waals surface area contributed by atoms with Crippen LogP contribution in [0, 0.1) is 0 Å². The average molecular weight is 117 g/mol. The number of aliphatic hydroxyl groups is 1. The number of rotatable bonds is 4. The lowest BCUT2D eigenvalue weighted by Crippen LogP contribution is -2.24. The number of hydrogen-bond donors (Lipinski definition) is 2. The Morgan fingerprint density at radius 2 is 2.12 bits per heavy atom. The zero-order valence-corrected chi connectivity index (χ0v) is 5.65. The molecule has 0 saturated carbocycles. The SMILES string of the molecule is CC(C)NCCCO. The Morgan fingerprint density at radius 3 is 2.50 bits per heavy atom. The lowest BCUT2D eigenvalue weighted by molar-refractivity contribution is 0.284. The number of aliphatic hydroxyl groups excluding tert-OH is 1. The first-order chi connectivity index (χ1) is 3.77. The van der Waals surface area contributed by atoms with Crippen LogP contribution in [0.5, 0.6) is 0 Å². The van der Waals surface area contributed by atoms with E-state index in [0.717, 1.165) is 13.0 Å². The summed E-state index contributed by atoms with van der Waals surface area (Å²) in [6, 6.07) is 0.543. The van der Waals surface area contributed by atoms with Gasteiger partial charge in [-0.15, -0.1) is 0 Å². The lowest BCUT2D eigenvalue weighted by Gasteiger charge is -2.04. The summed E-state index contributed by atoms with van der Waals surface area (Å²) >= 11 is 0. The minimum Gasteiger partial charge on any atom is -0.396 e. The first-order valence-corrected chi connectivity index (χ1v) is 3.11. The predicted molar refractivity (Wildman–Crippen MR) is 34.8 cm³/mol. The third kappa shape index (κ3) is 5.92. The van der Waals surface area contributed by atoms with Crippen LogP contribution >= 0.6 is 0 Å². The second kappa shape index (κ2) is 5.06. The maximum Gasteiger partial charge on any atom is 0.0443 e. The van der Waals surface area contributed by atoms with Gasteiger partial charge in [0.15, 0.2) is 0 Å². The summed E-state index contributed by atoms with van der Waals surface area (Å²) in [5, 5.41) is 11.5. The lowest BCUT2D eigenvalue weighted by atomic mass is 10.3. The molecule has 0 aliphatic rings. The van der Waals surface area contributed by atoms with Crippen LogP contribution in [0.4, 0.5) is 0 Å². The van der Waals surface area contributed by atoms with Crippen LogP contribution < -0.4 is 5.32 Å². The minimum atomic E-state index is 0.291. The minimum absolute atomic E-state index is 0.291. The first-order valence-electron chi connectivity index (χ1n) is 3.11. The normalized spacial score (nSPS) is 10.5. The van der Waals surface area contributed by atoms with Gasteiger partial charge in [0.1, 0.15) is 0 Å². The fourth-order valence-corrected chi connectivity index (χ4v) is 0.470. The third-order valence-corrected chi connectivity index (χ3v) is 0.887. The summed E-state index contributed by atoms with van der Waals surface area (Å²) in [6.45, 7) is 5.41. The van der Waals surface area contributed by atoms with E-state index in [2.05, 4.69) is 19.2 Å². The molecule has 0 fully saturated rings. The summed E-state index contributed by atoms with van der Waals surface area (Å²) in [6.07, 6.45) is 0.859. The molecule has 0 heterocycles. The number of hydrogen-bond acceptors (Lipinski definition) is 2. The molecule has 0 radical (unpaired) electrons. The molecule has 50 valence electrons. The highest BCUT2D eigenvalue weighted by atomic mass is 16.3. The van der Waals surface area contributed by atoms with Gasteiger partial charge >= 0.3 is 0 Å². The zero-order valence-electron chi connectivity index (χ0n) is 5.65. The van der Waals surface area contributed by atoms with Crippen LogP contribution in [0.2, 0.25) is 0 Å². The molecule has 2 N–H and O–H groups in total. The van der Waals surface area contributed by atoms with Crippen molar-refractivity contribution >= 4 is 0 Å². The fourth-order valence-electron chi connectivity index (χ4n) is 0.470. The van der Waals surface area contributed by atoms with Crippen molar-refractivity contribution in [2.45, 2.75) is 26.3 Å². The van der Waals surface area contributed by atoms with Crippen LogP contribution in [-0.4, -0.2) is 24.3 Å². The smallest absolute Gasteiger partial charge is 0.0443 e. The molecule has 0 amide bonds. The van der Waals surface area contributed by atoms with Crippen molar-refractivity contribution in [3.05, 3.63) is 0 Å². The van der Waals surface area contributed by atoms with Crippen molar-refractivity contribution in [2.24, 2.45) is 0 Å². The summed E-state index contributed by atoms with van der Waals surface area (Å²) in [5.74, 6) is 0.